The van der Waals surface area contributed by atoms with Crippen LogP contribution in [-0.2, 0) is 10.0 Å². The maximum absolute atomic E-state index is 12.7. The standard InChI is InChI=1S/C16H25ClN2O3S/c1-15(2)9-11(10-16(3,4)19-15)18-23(20,21)12-6-7-13(17)14(8-12)22-5/h6-8,11,18-19H,9-10H2,1-5H3/p+1. The van der Waals surface area contributed by atoms with Crippen molar-refractivity contribution in [3.8, 4) is 5.75 Å². The van der Waals surface area contributed by atoms with E-state index in [4.69, 9.17) is 16.3 Å². The number of sulfonamides is 1. The van der Waals surface area contributed by atoms with Gasteiger partial charge in [-0.1, -0.05) is 11.6 Å². The third-order valence-corrected chi connectivity index (χ3v) is 5.91. The minimum Gasteiger partial charge on any atom is -0.495 e. The van der Waals surface area contributed by atoms with Gasteiger partial charge in [0.2, 0.25) is 10.0 Å². The summed E-state index contributed by atoms with van der Waals surface area (Å²) in [5, 5.41) is 2.71. The molecule has 0 unspecified atom stereocenters. The van der Waals surface area contributed by atoms with E-state index in [2.05, 4.69) is 37.7 Å². The number of benzene rings is 1. The highest BCUT2D eigenvalue weighted by molar-refractivity contribution is 7.89. The first kappa shape index (κ1) is 18.5. The van der Waals surface area contributed by atoms with Gasteiger partial charge in [-0.2, -0.15) is 0 Å². The average Bonchev–Trinajstić information content (AvgIpc) is 2.34. The minimum atomic E-state index is -3.61. The van der Waals surface area contributed by atoms with Gasteiger partial charge in [-0.15, -0.1) is 0 Å². The smallest absolute Gasteiger partial charge is 0.240 e. The van der Waals surface area contributed by atoms with E-state index >= 15 is 0 Å². The molecular formula is C16H26ClN2O3S+. The molecule has 1 heterocycles. The van der Waals surface area contributed by atoms with Crippen molar-refractivity contribution in [2.75, 3.05) is 7.11 Å². The fourth-order valence-electron chi connectivity index (χ4n) is 3.70. The molecule has 130 valence electrons. The van der Waals surface area contributed by atoms with Crippen LogP contribution in [0, 0.1) is 0 Å². The molecule has 1 aliphatic heterocycles. The predicted molar refractivity (Wildman–Crippen MR) is 91.4 cm³/mol. The third kappa shape index (κ3) is 4.59. The molecule has 2 rings (SSSR count). The fourth-order valence-corrected chi connectivity index (χ4v) is 5.14. The van der Waals surface area contributed by atoms with E-state index in [9.17, 15) is 8.42 Å². The van der Waals surface area contributed by atoms with Crippen LogP contribution in [-0.4, -0.2) is 32.6 Å². The van der Waals surface area contributed by atoms with Crippen LogP contribution < -0.4 is 14.8 Å². The van der Waals surface area contributed by atoms with Gasteiger partial charge in [0.25, 0.3) is 0 Å². The van der Waals surface area contributed by atoms with Gasteiger partial charge in [0.1, 0.15) is 5.75 Å². The van der Waals surface area contributed by atoms with Crippen LogP contribution in [0.3, 0.4) is 0 Å². The molecule has 3 N–H and O–H groups in total. The van der Waals surface area contributed by atoms with E-state index < -0.39 is 10.0 Å². The van der Waals surface area contributed by atoms with Gasteiger partial charge < -0.3 is 10.1 Å². The van der Waals surface area contributed by atoms with Gasteiger partial charge in [-0.05, 0) is 39.8 Å². The lowest BCUT2D eigenvalue weighted by atomic mass is 9.80. The molecular weight excluding hydrogens is 336 g/mol. The Balaban J connectivity index is 2.24. The predicted octanol–water partition coefficient (Wildman–Crippen LogP) is 1.91. The largest absolute Gasteiger partial charge is 0.495 e. The van der Waals surface area contributed by atoms with Gasteiger partial charge in [-0.25, -0.2) is 13.1 Å². The second kappa shape index (κ2) is 6.24. The number of rotatable bonds is 4. The number of ether oxygens (including phenoxy) is 1. The summed E-state index contributed by atoms with van der Waals surface area (Å²) in [6.07, 6.45) is 1.56. The first-order valence-corrected chi connectivity index (χ1v) is 9.53. The van der Waals surface area contributed by atoms with Crippen LogP contribution in [0.15, 0.2) is 23.1 Å². The van der Waals surface area contributed by atoms with E-state index in [1.807, 2.05) is 0 Å². The molecule has 0 atom stereocenters. The SMILES string of the molecule is COc1cc(S(=O)(=O)NC2CC(C)(C)[NH2+]C(C)(C)C2)ccc1Cl. The first-order valence-electron chi connectivity index (χ1n) is 7.67. The molecule has 1 saturated heterocycles. The second-order valence-electron chi connectivity index (χ2n) is 7.64. The quantitative estimate of drug-likeness (QED) is 0.860. The first-order chi connectivity index (χ1) is 10.4. The third-order valence-electron chi connectivity index (χ3n) is 4.08. The van der Waals surface area contributed by atoms with E-state index in [-0.39, 0.29) is 22.0 Å². The number of piperidine rings is 1. The Bertz CT molecular complexity index is 671. The normalized spacial score (nSPS) is 21.1. The molecule has 0 amide bonds. The summed E-state index contributed by atoms with van der Waals surface area (Å²) in [6.45, 7) is 8.56. The Morgan fingerprint density at radius 3 is 2.30 bits per heavy atom. The Hall–Kier alpha value is -0.820. The van der Waals surface area contributed by atoms with Crippen molar-refractivity contribution < 1.29 is 18.5 Å². The number of hydrogen-bond donors (Lipinski definition) is 2. The fraction of sp³-hybridized carbons (Fsp3) is 0.625. The lowest BCUT2D eigenvalue weighted by molar-refractivity contribution is -0.787. The number of quaternary nitrogens is 1. The summed E-state index contributed by atoms with van der Waals surface area (Å²) in [5.41, 5.74) is -0.0146. The molecule has 1 aromatic rings. The summed E-state index contributed by atoms with van der Waals surface area (Å²) >= 11 is 5.97. The van der Waals surface area contributed by atoms with Gasteiger partial charge in [0.05, 0.1) is 28.1 Å². The van der Waals surface area contributed by atoms with E-state index in [0.29, 0.717) is 10.8 Å². The number of nitrogens with one attached hydrogen (secondary N) is 1. The zero-order chi connectivity index (χ0) is 17.5. The van der Waals surface area contributed by atoms with Crippen molar-refractivity contribution in [1.82, 2.24) is 4.72 Å². The maximum Gasteiger partial charge on any atom is 0.240 e. The highest BCUT2D eigenvalue weighted by atomic mass is 35.5. The van der Waals surface area contributed by atoms with Crippen molar-refractivity contribution in [3.63, 3.8) is 0 Å². The number of hydrogen-bond acceptors (Lipinski definition) is 3. The molecule has 23 heavy (non-hydrogen) atoms. The van der Waals surface area contributed by atoms with Crippen molar-refractivity contribution in [3.05, 3.63) is 23.2 Å². The zero-order valence-corrected chi connectivity index (χ0v) is 15.9. The van der Waals surface area contributed by atoms with Crippen LogP contribution in [0.4, 0.5) is 0 Å². The lowest BCUT2D eigenvalue weighted by Gasteiger charge is -2.43. The van der Waals surface area contributed by atoms with Gasteiger partial charge >= 0.3 is 0 Å². The monoisotopic (exact) mass is 361 g/mol. The molecule has 0 saturated carbocycles. The van der Waals surface area contributed by atoms with E-state index in [1.54, 1.807) is 0 Å². The summed E-state index contributed by atoms with van der Waals surface area (Å²) in [7, 11) is -2.15. The Morgan fingerprint density at radius 1 is 1.22 bits per heavy atom. The van der Waals surface area contributed by atoms with Crippen LogP contribution in [0.2, 0.25) is 5.02 Å². The molecule has 0 aliphatic carbocycles. The zero-order valence-electron chi connectivity index (χ0n) is 14.3. The molecule has 5 nitrogen and oxygen atoms in total. The molecule has 0 spiro atoms. The summed E-state index contributed by atoms with van der Waals surface area (Å²) in [6, 6.07) is 4.39. The van der Waals surface area contributed by atoms with Gasteiger partial charge in [0, 0.05) is 24.9 Å². The van der Waals surface area contributed by atoms with Crippen molar-refractivity contribution in [2.24, 2.45) is 0 Å². The van der Waals surface area contributed by atoms with Gasteiger partial charge in [0.15, 0.2) is 0 Å². The number of methoxy groups -OCH3 is 1. The highest BCUT2D eigenvalue weighted by Gasteiger charge is 2.42. The van der Waals surface area contributed by atoms with Crippen LogP contribution in [0.5, 0.6) is 5.75 Å². The van der Waals surface area contributed by atoms with E-state index in [0.717, 1.165) is 12.8 Å². The average molecular weight is 362 g/mol. The van der Waals surface area contributed by atoms with E-state index in [1.165, 1.54) is 25.3 Å². The number of halogens is 1. The van der Waals surface area contributed by atoms with Gasteiger partial charge in [-0.3, -0.25) is 0 Å². The lowest BCUT2D eigenvalue weighted by Crippen LogP contribution is -3.06. The summed E-state index contributed by atoms with van der Waals surface area (Å²) in [5.74, 6) is 0.354. The summed E-state index contributed by atoms with van der Waals surface area (Å²) in [4.78, 5) is 0.170. The van der Waals surface area contributed by atoms with Crippen LogP contribution in [0.25, 0.3) is 0 Å². The second-order valence-corrected chi connectivity index (χ2v) is 9.77. The van der Waals surface area contributed by atoms with Crippen molar-refractivity contribution in [2.45, 2.75) is 62.6 Å². The van der Waals surface area contributed by atoms with Crippen LogP contribution in [0.1, 0.15) is 40.5 Å². The topological polar surface area (TPSA) is 72.0 Å². The molecule has 7 heteroatoms. The Labute approximate surface area is 143 Å². The molecule has 1 aliphatic rings. The minimum absolute atomic E-state index is 0.00732. The molecule has 1 fully saturated rings. The number of nitrogens with two attached hydrogens (primary N) is 1. The highest BCUT2D eigenvalue weighted by Crippen LogP contribution is 2.28. The van der Waals surface area contributed by atoms with Crippen LogP contribution >= 0.6 is 11.6 Å². The molecule has 0 aromatic heterocycles. The maximum atomic E-state index is 12.7. The summed E-state index contributed by atoms with van der Waals surface area (Å²) < 4.78 is 33.3. The molecule has 0 radical (unpaired) electrons. The van der Waals surface area contributed by atoms with Crippen molar-refractivity contribution >= 4 is 21.6 Å². The Kier molecular flexibility index (Phi) is 5.02. The molecule has 0 bridgehead atoms. The Morgan fingerprint density at radius 2 is 1.78 bits per heavy atom. The van der Waals surface area contributed by atoms with Crippen molar-refractivity contribution in [1.29, 1.82) is 0 Å². The molecule has 1 aromatic carbocycles.